The molecule has 0 saturated carbocycles. The number of anilines is 1. The number of hydrogen-bond acceptors (Lipinski definition) is 2. The second-order valence-corrected chi connectivity index (χ2v) is 3.36. The van der Waals surface area contributed by atoms with Crippen LogP contribution < -0.4 is 5.73 Å². The molecule has 0 aliphatic carbocycles. The lowest BCUT2D eigenvalue weighted by atomic mass is 9.94. The monoisotopic (exact) mass is 181 g/mol. The van der Waals surface area contributed by atoms with E-state index in [0.29, 0.717) is 24.3 Å². The minimum atomic E-state index is -1.37. The van der Waals surface area contributed by atoms with Crippen molar-refractivity contribution in [2.45, 2.75) is 12.1 Å². The van der Waals surface area contributed by atoms with Gasteiger partial charge in [-0.2, -0.15) is 0 Å². The highest BCUT2D eigenvalue weighted by atomic mass is 19.1. The van der Waals surface area contributed by atoms with Gasteiger partial charge in [0.15, 0.2) is 5.67 Å². The maximum absolute atomic E-state index is 14.1. The fourth-order valence-corrected chi connectivity index (χ4v) is 1.66. The Bertz CT molecular complexity index is 308. The summed E-state index contributed by atoms with van der Waals surface area (Å²) in [6, 6.07) is 7.04. The van der Waals surface area contributed by atoms with E-state index in [1.165, 1.54) is 0 Å². The van der Waals surface area contributed by atoms with Crippen molar-refractivity contribution in [3.8, 4) is 0 Å². The van der Waals surface area contributed by atoms with Crippen LogP contribution in [0.3, 0.4) is 0 Å². The minimum Gasteiger partial charge on any atom is -0.398 e. The lowest BCUT2D eigenvalue weighted by molar-refractivity contribution is 0.112. The van der Waals surface area contributed by atoms with Gasteiger partial charge in [0.1, 0.15) is 0 Å². The van der Waals surface area contributed by atoms with Crippen LogP contribution in [-0.4, -0.2) is 13.2 Å². The van der Waals surface area contributed by atoms with Gasteiger partial charge in [0, 0.05) is 17.7 Å². The number of para-hydroxylation sites is 1. The molecule has 1 atom stereocenters. The number of nitrogens with two attached hydrogens (primary N) is 1. The summed E-state index contributed by atoms with van der Waals surface area (Å²) in [5.41, 5.74) is 5.39. The highest BCUT2D eigenvalue weighted by Gasteiger charge is 2.37. The molecule has 0 spiro atoms. The van der Waals surface area contributed by atoms with Crippen LogP contribution in [0.25, 0.3) is 0 Å². The van der Waals surface area contributed by atoms with E-state index in [1.807, 2.05) is 0 Å². The summed E-state index contributed by atoms with van der Waals surface area (Å²) in [4.78, 5) is 0. The summed E-state index contributed by atoms with van der Waals surface area (Å²) in [6.07, 6.45) is 0.404. The molecule has 0 radical (unpaired) electrons. The number of rotatable bonds is 1. The number of ether oxygens (including phenoxy) is 1. The molecule has 2 rings (SSSR count). The summed E-state index contributed by atoms with van der Waals surface area (Å²) >= 11 is 0. The molecular formula is C10H12FNO. The van der Waals surface area contributed by atoms with Crippen molar-refractivity contribution >= 4 is 5.69 Å². The average molecular weight is 181 g/mol. The van der Waals surface area contributed by atoms with Crippen LogP contribution in [0.5, 0.6) is 0 Å². The second kappa shape index (κ2) is 3.00. The number of halogens is 1. The zero-order valence-electron chi connectivity index (χ0n) is 7.29. The van der Waals surface area contributed by atoms with E-state index < -0.39 is 5.67 Å². The topological polar surface area (TPSA) is 35.2 Å². The molecule has 0 aromatic heterocycles. The van der Waals surface area contributed by atoms with Crippen molar-refractivity contribution in [1.29, 1.82) is 0 Å². The first-order valence-corrected chi connectivity index (χ1v) is 4.34. The molecule has 70 valence electrons. The molecule has 3 heteroatoms. The summed E-state index contributed by atoms with van der Waals surface area (Å²) in [5.74, 6) is 0. The first-order chi connectivity index (χ1) is 6.22. The predicted octanol–water partition coefficient (Wildman–Crippen LogP) is 1.85. The molecule has 0 bridgehead atoms. The molecule has 1 aromatic carbocycles. The molecule has 1 fully saturated rings. The Morgan fingerprint density at radius 3 is 2.77 bits per heavy atom. The third-order valence-electron chi connectivity index (χ3n) is 2.42. The van der Waals surface area contributed by atoms with Gasteiger partial charge >= 0.3 is 0 Å². The van der Waals surface area contributed by atoms with Gasteiger partial charge in [0.25, 0.3) is 0 Å². The lowest BCUT2D eigenvalue weighted by Crippen LogP contribution is -2.21. The predicted molar refractivity (Wildman–Crippen MR) is 49.1 cm³/mol. The molecule has 1 heterocycles. The van der Waals surface area contributed by atoms with Gasteiger partial charge in [-0.05, 0) is 6.07 Å². The van der Waals surface area contributed by atoms with E-state index in [1.54, 1.807) is 24.3 Å². The van der Waals surface area contributed by atoms with E-state index in [2.05, 4.69) is 0 Å². The molecule has 2 N–H and O–H groups in total. The van der Waals surface area contributed by atoms with Gasteiger partial charge in [-0.15, -0.1) is 0 Å². The van der Waals surface area contributed by atoms with Crippen LogP contribution in [0, 0.1) is 0 Å². The molecule has 0 amide bonds. The van der Waals surface area contributed by atoms with Gasteiger partial charge in [0.2, 0.25) is 0 Å². The zero-order valence-corrected chi connectivity index (χ0v) is 7.29. The van der Waals surface area contributed by atoms with Gasteiger partial charge in [0.05, 0.1) is 13.2 Å². The molecule has 2 nitrogen and oxygen atoms in total. The van der Waals surface area contributed by atoms with Gasteiger partial charge in [-0.25, -0.2) is 4.39 Å². The Labute approximate surface area is 76.5 Å². The Balaban J connectivity index is 2.39. The Morgan fingerprint density at radius 2 is 2.15 bits per heavy atom. The van der Waals surface area contributed by atoms with E-state index in [4.69, 9.17) is 10.5 Å². The van der Waals surface area contributed by atoms with E-state index in [9.17, 15) is 4.39 Å². The smallest absolute Gasteiger partial charge is 0.163 e. The lowest BCUT2D eigenvalue weighted by Gasteiger charge is -2.19. The van der Waals surface area contributed by atoms with Gasteiger partial charge in [-0.1, -0.05) is 18.2 Å². The quantitative estimate of drug-likeness (QED) is 0.671. The maximum Gasteiger partial charge on any atom is 0.163 e. The maximum atomic E-state index is 14.1. The number of benzene rings is 1. The van der Waals surface area contributed by atoms with Crippen LogP contribution in [0.1, 0.15) is 12.0 Å². The van der Waals surface area contributed by atoms with Crippen LogP contribution >= 0.6 is 0 Å². The molecule has 13 heavy (non-hydrogen) atoms. The summed E-state index contributed by atoms with van der Waals surface area (Å²) < 4.78 is 19.1. The molecule has 1 aliphatic rings. The largest absolute Gasteiger partial charge is 0.398 e. The van der Waals surface area contributed by atoms with Crippen molar-refractivity contribution < 1.29 is 9.13 Å². The van der Waals surface area contributed by atoms with Crippen molar-refractivity contribution in [2.24, 2.45) is 0 Å². The summed E-state index contributed by atoms with van der Waals surface area (Å²) in [6.45, 7) is 0.603. The van der Waals surface area contributed by atoms with Crippen LogP contribution in [-0.2, 0) is 10.4 Å². The van der Waals surface area contributed by atoms with Crippen molar-refractivity contribution in [2.75, 3.05) is 18.9 Å². The second-order valence-electron chi connectivity index (χ2n) is 3.36. The van der Waals surface area contributed by atoms with Crippen LogP contribution in [0.2, 0.25) is 0 Å². The average Bonchev–Trinajstić information content (AvgIpc) is 2.54. The fraction of sp³-hybridized carbons (Fsp3) is 0.400. The SMILES string of the molecule is Nc1ccccc1C1(F)CCOC1. The molecular weight excluding hydrogens is 169 g/mol. The van der Waals surface area contributed by atoms with Crippen LogP contribution in [0.4, 0.5) is 10.1 Å². The van der Waals surface area contributed by atoms with E-state index in [-0.39, 0.29) is 6.61 Å². The van der Waals surface area contributed by atoms with Gasteiger partial charge in [-0.3, -0.25) is 0 Å². The van der Waals surface area contributed by atoms with Crippen molar-refractivity contribution in [1.82, 2.24) is 0 Å². The third-order valence-corrected chi connectivity index (χ3v) is 2.42. The normalized spacial score (nSPS) is 27.8. The summed E-state index contributed by atoms with van der Waals surface area (Å²) in [5, 5.41) is 0. The van der Waals surface area contributed by atoms with Crippen molar-refractivity contribution in [3.05, 3.63) is 29.8 Å². The Morgan fingerprint density at radius 1 is 1.38 bits per heavy atom. The van der Waals surface area contributed by atoms with Crippen molar-refractivity contribution in [3.63, 3.8) is 0 Å². The van der Waals surface area contributed by atoms with E-state index in [0.717, 1.165) is 0 Å². The standard InChI is InChI=1S/C10H12FNO/c11-10(5-6-13-7-10)8-3-1-2-4-9(8)12/h1-4H,5-7,12H2. The Hall–Kier alpha value is -1.09. The third kappa shape index (κ3) is 1.40. The fourth-order valence-electron chi connectivity index (χ4n) is 1.66. The molecule has 1 unspecified atom stereocenters. The van der Waals surface area contributed by atoms with E-state index >= 15 is 0 Å². The Kier molecular flexibility index (Phi) is 1.96. The van der Waals surface area contributed by atoms with Gasteiger partial charge < -0.3 is 10.5 Å². The minimum absolute atomic E-state index is 0.126. The highest BCUT2D eigenvalue weighted by Crippen LogP contribution is 2.37. The molecule has 1 saturated heterocycles. The number of alkyl halides is 1. The first-order valence-electron chi connectivity index (χ1n) is 4.34. The number of nitrogen functional groups attached to an aromatic ring is 1. The summed E-state index contributed by atoms with van der Waals surface area (Å²) in [7, 11) is 0. The first kappa shape index (κ1) is 8.51. The molecule has 1 aromatic rings. The van der Waals surface area contributed by atoms with Crippen LogP contribution in [0.15, 0.2) is 24.3 Å². The zero-order chi connectivity index (χ0) is 9.31. The molecule has 1 aliphatic heterocycles. The number of hydrogen-bond donors (Lipinski definition) is 1. The highest BCUT2D eigenvalue weighted by molar-refractivity contribution is 5.50.